The monoisotopic (exact) mass is 231 g/mol. The van der Waals surface area contributed by atoms with Crippen LogP contribution in [0.3, 0.4) is 0 Å². The topological polar surface area (TPSA) is 50.2 Å². The van der Waals surface area contributed by atoms with Crippen LogP contribution in [0.4, 0.5) is 13.2 Å². The average Bonchev–Trinajstić information content (AvgIpc) is 2.15. The van der Waals surface area contributed by atoms with Gasteiger partial charge in [-0.25, -0.2) is 4.79 Å². The molecule has 0 saturated carbocycles. The lowest BCUT2D eigenvalue weighted by Crippen LogP contribution is -2.07. The second-order valence-electron chi connectivity index (χ2n) is 3.10. The number of hydrogen-bond acceptors (Lipinski definition) is 2. The molecule has 3 nitrogen and oxygen atoms in total. The number of carbonyl (C=O) groups is 1. The van der Waals surface area contributed by atoms with Crippen LogP contribution in [0.2, 0.25) is 0 Å². The molecule has 0 amide bonds. The van der Waals surface area contributed by atoms with E-state index in [0.29, 0.717) is 11.1 Å². The third kappa shape index (κ3) is 3.08. The van der Waals surface area contributed by atoms with Crippen molar-refractivity contribution in [2.45, 2.75) is 13.1 Å². The Labute approximate surface area is 89.2 Å². The highest BCUT2D eigenvalue weighted by atomic mass is 19.4. The van der Waals surface area contributed by atoms with Crippen LogP contribution in [0.1, 0.15) is 18.2 Å². The number of hydrogen-bond donors (Lipinski definition) is 1. The highest BCUT2D eigenvalue weighted by molar-refractivity contribution is 5.89. The van der Waals surface area contributed by atoms with Gasteiger partial charge in [0.05, 0.1) is 0 Å². The number of allylic oxidation sites excluding steroid dienone is 1. The van der Waals surface area contributed by atoms with E-state index in [4.69, 9.17) is 5.11 Å². The summed E-state index contributed by atoms with van der Waals surface area (Å²) in [6, 6.07) is 2.00. The summed E-state index contributed by atoms with van der Waals surface area (Å²) >= 11 is 0. The summed E-state index contributed by atoms with van der Waals surface area (Å²) in [4.78, 5) is 13.6. The van der Waals surface area contributed by atoms with Gasteiger partial charge in [0.1, 0.15) is 5.69 Å². The number of aliphatic carboxylic acids is 1. The Morgan fingerprint density at radius 3 is 2.44 bits per heavy atom. The van der Waals surface area contributed by atoms with E-state index in [2.05, 4.69) is 4.98 Å². The lowest BCUT2D eigenvalue weighted by Gasteiger charge is -2.06. The first-order chi connectivity index (χ1) is 7.30. The highest BCUT2D eigenvalue weighted by Gasteiger charge is 2.31. The van der Waals surface area contributed by atoms with Gasteiger partial charge >= 0.3 is 12.1 Å². The van der Waals surface area contributed by atoms with Gasteiger partial charge in [0.2, 0.25) is 0 Å². The first-order valence-corrected chi connectivity index (χ1v) is 4.25. The minimum absolute atomic E-state index is 0.341. The smallest absolute Gasteiger partial charge is 0.433 e. The van der Waals surface area contributed by atoms with Crippen molar-refractivity contribution in [2.75, 3.05) is 0 Å². The van der Waals surface area contributed by atoms with Crippen molar-refractivity contribution < 1.29 is 23.1 Å². The predicted octanol–water partition coefficient (Wildman–Crippen LogP) is 2.59. The van der Waals surface area contributed by atoms with Crippen molar-refractivity contribution in [3.8, 4) is 0 Å². The van der Waals surface area contributed by atoms with Crippen molar-refractivity contribution in [3.05, 3.63) is 35.7 Å². The molecule has 0 aliphatic rings. The molecule has 0 aliphatic heterocycles. The number of halogens is 3. The van der Waals surface area contributed by atoms with Gasteiger partial charge in [-0.2, -0.15) is 13.2 Å². The summed E-state index contributed by atoms with van der Waals surface area (Å²) in [7, 11) is 0. The molecule has 0 radical (unpaired) electrons. The molecule has 0 spiro atoms. The zero-order valence-electron chi connectivity index (χ0n) is 8.25. The quantitative estimate of drug-likeness (QED) is 0.796. The molecule has 1 heterocycles. The predicted molar refractivity (Wildman–Crippen MR) is 50.5 cm³/mol. The van der Waals surface area contributed by atoms with Crippen LogP contribution >= 0.6 is 0 Å². The van der Waals surface area contributed by atoms with Crippen LogP contribution < -0.4 is 0 Å². The minimum Gasteiger partial charge on any atom is -0.478 e. The minimum atomic E-state index is -4.48. The van der Waals surface area contributed by atoms with Crippen LogP contribution in [0.15, 0.2) is 24.4 Å². The third-order valence-electron chi connectivity index (χ3n) is 1.85. The van der Waals surface area contributed by atoms with Gasteiger partial charge < -0.3 is 5.11 Å². The van der Waals surface area contributed by atoms with Crippen molar-refractivity contribution in [1.29, 1.82) is 0 Å². The zero-order valence-corrected chi connectivity index (χ0v) is 8.25. The van der Waals surface area contributed by atoms with E-state index in [1.807, 2.05) is 0 Å². The van der Waals surface area contributed by atoms with Crippen molar-refractivity contribution >= 4 is 11.5 Å². The van der Waals surface area contributed by atoms with Gasteiger partial charge in [0, 0.05) is 12.3 Å². The Morgan fingerprint density at radius 1 is 1.44 bits per heavy atom. The van der Waals surface area contributed by atoms with Gasteiger partial charge in [-0.1, -0.05) is 6.07 Å². The SMILES string of the molecule is C/C(=C/C(=O)O)c1ccc(C(F)(F)F)nc1. The summed E-state index contributed by atoms with van der Waals surface area (Å²) < 4.78 is 36.5. The van der Waals surface area contributed by atoms with Gasteiger partial charge in [-0.3, -0.25) is 4.98 Å². The summed E-state index contributed by atoms with van der Waals surface area (Å²) in [5, 5.41) is 8.45. The second kappa shape index (κ2) is 4.34. The zero-order chi connectivity index (χ0) is 12.3. The molecule has 0 aliphatic carbocycles. The van der Waals surface area contributed by atoms with Crippen LogP contribution in [0.5, 0.6) is 0 Å². The lowest BCUT2D eigenvalue weighted by atomic mass is 10.1. The molecule has 1 rings (SSSR count). The van der Waals surface area contributed by atoms with Crippen LogP contribution in [0.25, 0.3) is 5.57 Å². The van der Waals surface area contributed by atoms with E-state index in [-0.39, 0.29) is 0 Å². The fourth-order valence-corrected chi connectivity index (χ4v) is 1.06. The molecule has 1 aromatic rings. The molecule has 16 heavy (non-hydrogen) atoms. The molecule has 0 atom stereocenters. The Balaban J connectivity index is 3.00. The first kappa shape index (κ1) is 12.2. The van der Waals surface area contributed by atoms with Crippen LogP contribution in [-0.4, -0.2) is 16.1 Å². The van der Waals surface area contributed by atoms with E-state index < -0.39 is 17.8 Å². The molecular formula is C10H8F3NO2. The maximum absolute atomic E-state index is 12.2. The average molecular weight is 231 g/mol. The van der Waals surface area contributed by atoms with E-state index in [9.17, 15) is 18.0 Å². The molecule has 6 heteroatoms. The van der Waals surface area contributed by atoms with Gasteiger partial charge in [-0.15, -0.1) is 0 Å². The van der Waals surface area contributed by atoms with E-state index in [1.165, 1.54) is 13.0 Å². The maximum Gasteiger partial charge on any atom is 0.433 e. The van der Waals surface area contributed by atoms with Crippen molar-refractivity contribution in [2.24, 2.45) is 0 Å². The van der Waals surface area contributed by atoms with Crippen molar-refractivity contribution in [3.63, 3.8) is 0 Å². The second-order valence-corrected chi connectivity index (χ2v) is 3.10. The van der Waals surface area contributed by atoms with Crippen LogP contribution in [-0.2, 0) is 11.0 Å². The molecule has 1 N–H and O–H groups in total. The fraction of sp³-hybridized carbons (Fsp3) is 0.200. The Kier molecular flexibility index (Phi) is 3.31. The van der Waals surface area contributed by atoms with Gasteiger partial charge in [0.15, 0.2) is 0 Å². The number of alkyl halides is 3. The fourth-order valence-electron chi connectivity index (χ4n) is 1.06. The summed E-state index contributed by atoms with van der Waals surface area (Å²) in [6.07, 6.45) is -2.58. The van der Waals surface area contributed by atoms with E-state index >= 15 is 0 Å². The van der Waals surface area contributed by atoms with Crippen molar-refractivity contribution in [1.82, 2.24) is 4.98 Å². The number of carboxylic acid groups (broad SMARTS) is 1. The molecule has 0 aromatic carbocycles. The summed E-state index contributed by atoms with van der Waals surface area (Å²) in [6.45, 7) is 1.48. The molecule has 0 fully saturated rings. The molecule has 0 bridgehead atoms. The third-order valence-corrected chi connectivity index (χ3v) is 1.85. The largest absolute Gasteiger partial charge is 0.478 e. The Hall–Kier alpha value is -1.85. The van der Waals surface area contributed by atoms with Gasteiger partial charge in [-0.05, 0) is 24.1 Å². The van der Waals surface area contributed by atoms with E-state index in [0.717, 1.165) is 18.3 Å². The van der Waals surface area contributed by atoms with E-state index in [1.54, 1.807) is 0 Å². The number of carboxylic acids is 1. The Bertz CT molecular complexity index is 421. The summed E-state index contributed by atoms with van der Waals surface area (Å²) in [5.41, 5.74) is -0.316. The Morgan fingerprint density at radius 2 is 2.06 bits per heavy atom. The number of rotatable bonds is 2. The lowest BCUT2D eigenvalue weighted by molar-refractivity contribution is -0.141. The standard InChI is InChI=1S/C10H8F3NO2/c1-6(4-9(15)16)7-2-3-8(14-5-7)10(11,12)13/h2-5H,1H3,(H,15,16)/b6-4-. The number of pyridine rings is 1. The maximum atomic E-state index is 12.2. The van der Waals surface area contributed by atoms with Gasteiger partial charge in [0.25, 0.3) is 0 Å². The molecule has 86 valence electrons. The normalized spacial score (nSPS) is 12.6. The van der Waals surface area contributed by atoms with Crippen LogP contribution in [0, 0.1) is 0 Å². The number of nitrogens with zero attached hydrogens (tertiary/aromatic N) is 1. The first-order valence-electron chi connectivity index (χ1n) is 4.25. The molecule has 0 unspecified atom stereocenters. The number of aromatic nitrogens is 1. The summed E-state index contributed by atoms with van der Waals surface area (Å²) in [5.74, 6) is -1.16. The molecular weight excluding hydrogens is 223 g/mol. The molecule has 0 saturated heterocycles. The molecule has 1 aromatic heterocycles. The highest BCUT2D eigenvalue weighted by Crippen LogP contribution is 2.27.